The number of benzene rings is 2. The number of halogens is 2. The van der Waals surface area contributed by atoms with Gasteiger partial charge in [-0.05, 0) is 55.3 Å². The average molecular weight is 385 g/mol. The number of nitrogens with two attached hydrogens (primary N) is 1. The molecule has 2 aromatic carbocycles. The van der Waals surface area contributed by atoms with Crippen molar-refractivity contribution in [2.45, 2.75) is 13.3 Å². The van der Waals surface area contributed by atoms with E-state index in [4.69, 9.17) is 10.5 Å². The highest BCUT2D eigenvalue weighted by Gasteiger charge is 2.05. The van der Waals surface area contributed by atoms with Crippen molar-refractivity contribution in [2.24, 2.45) is 5.73 Å². The van der Waals surface area contributed by atoms with Crippen molar-refractivity contribution in [3.63, 3.8) is 0 Å². The topological polar surface area (TPSA) is 35.2 Å². The van der Waals surface area contributed by atoms with E-state index in [0.717, 1.165) is 32.4 Å². The van der Waals surface area contributed by atoms with Crippen LogP contribution < -0.4 is 10.5 Å². The van der Waals surface area contributed by atoms with Crippen LogP contribution in [0, 0.1) is 6.92 Å². The van der Waals surface area contributed by atoms with Crippen molar-refractivity contribution in [3.8, 4) is 11.5 Å². The van der Waals surface area contributed by atoms with Crippen molar-refractivity contribution >= 4 is 31.9 Å². The highest BCUT2D eigenvalue weighted by molar-refractivity contribution is 9.10. The first-order valence-corrected chi connectivity index (χ1v) is 7.61. The summed E-state index contributed by atoms with van der Waals surface area (Å²) in [7, 11) is 0. The van der Waals surface area contributed by atoms with Crippen molar-refractivity contribution in [2.75, 3.05) is 6.54 Å². The van der Waals surface area contributed by atoms with Gasteiger partial charge >= 0.3 is 0 Å². The van der Waals surface area contributed by atoms with E-state index in [9.17, 15) is 0 Å². The van der Waals surface area contributed by atoms with Crippen LogP contribution in [0.5, 0.6) is 11.5 Å². The molecule has 2 N–H and O–H groups in total. The van der Waals surface area contributed by atoms with Crippen LogP contribution in [0.2, 0.25) is 0 Å². The zero-order valence-electron chi connectivity index (χ0n) is 10.6. The molecular formula is C15H15Br2NO. The van der Waals surface area contributed by atoms with E-state index in [2.05, 4.69) is 31.9 Å². The molecule has 19 heavy (non-hydrogen) atoms. The number of ether oxygens (including phenoxy) is 1. The van der Waals surface area contributed by atoms with Gasteiger partial charge in [0.25, 0.3) is 0 Å². The van der Waals surface area contributed by atoms with Crippen LogP contribution in [0.15, 0.2) is 45.3 Å². The monoisotopic (exact) mass is 383 g/mol. The zero-order chi connectivity index (χ0) is 13.8. The van der Waals surface area contributed by atoms with E-state index >= 15 is 0 Å². The molecule has 0 spiro atoms. The molecule has 0 fully saturated rings. The molecule has 100 valence electrons. The Morgan fingerprint density at radius 2 is 1.89 bits per heavy atom. The molecule has 0 aliphatic rings. The van der Waals surface area contributed by atoms with Gasteiger partial charge < -0.3 is 10.5 Å². The van der Waals surface area contributed by atoms with E-state index in [1.807, 2.05) is 43.3 Å². The Balaban J connectivity index is 2.24. The molecule has 0 radical (unpaired) electrons. The van der Waals surface area contributed by atoms with Crippen molar-refractivity contribution in [3.05, 3.63) is 56.5 Å². The smallest absolute Gasteiger partial charge is 0.131 e. The molecular weight excluding hydrogens is 370 g/mol. The summed E-state index contributed by atoms with van der Waals surface area (Å²) in [6.07, 6.45) is 0.858. The van der Waals surface area contributed by atoms with Crippen molar-refractivity contribution in [1.29, 1.82) is 0 Å². The van der Waals surface area contributed by atoms with Crippen molar-refractivity contribution in [1.82, 2.24) is 0 Å². The fraction of sp³-hybridized carbons (Fsp3) is 0.200. The van der Waals surface area contributed by atoms with Gasteiger partial charge in [-0.15, -0.1) is 0 Å². The lowest BCUT2D eigenvalue weighted by Gasteiger charge is -2.11. The average Bonchev–Trinajstić information content (AvgIpc) is 2.37. The van der Waals surface area contributed by atoms with Gasteiger partial charge in [-0.3, -0.25) is 0 Å². The predicted molar refractivity (Wildman–Crippen MR) is 85.9 cm³/mol. The van der Waals surface area contributed by atoms with Crippen LogP contribution >= 0.6 is 31.9 Å². The summed E-state index contributed by atoms with van der Waals surface area (Å²) in [6, 6.07) is 12.0. The Morgan fingerprint density at radius 1 is 1.11 bits per heavy atom. The normalized spacial score (nSPS) is 10.5. The number of hydrogen-bond donors (Lipinski definition) is 1. The van der Waals surface area contributed by atoms with E-state index in [1.54, 1.807) is 0 Å². The van der Waals surface area contributed by atoms with Crippen LogP contribution in [-0.4, -0.2) is 6.54 Å². The zero-order valence-corrected chi connectivity index (χ0v) is 13.8. The molecule has 0 unspecified atom stereocenters. The molecule has 4 heteroatoms. The van der Waals surface area contributed by atoms with E-state index in [0.29, 0.717) is 6.54 Å². The van der Waals surface area contributed by atoms with Crippen LogP contribution in [0.3, 0.4) is 0 Å². The second-order valence-electron chi connectivity index (χ2n) is 4.30. The Labute approximate surface area is 130 Å². The minimum Gasteiger partial charge on any atom is -0.457 e. The Hall–Kier alpha value is -0.840. The Morgan fingerprint density at radius 3 is 2.58 bits per heavy atom. The minimum absolute atomic E-state index is 0.642. The van der Waals surface area contributed by atoms with Crippen LogP contribution in [0.1, 0.15) is 11.1 Å². The Kier molecular flexibility index (Phi) is 5.02. The molecule has 0 bridgehead atoms. The predicted octanol–water partition coefficient (Wildman–Crippen LogP) is 4.81. The van der Waals surface area contributed by atoms with E-state index in [-0.39, 0.29) is 0 Å². The second-order valence-corrected chi connectivity index (χ2v) is 6.07. The first-order valence-electron chi connectivity index (χ1n) is 6.02. The van der Waals surface area contributed by atoms with Gasteiger partial charge in [0.05, 0.1) is 0 Å². The summed E-state index contributed by atoms with van der Waals surface area (Å²) in [5, 5.41) is 0. The Bertz CT molecular complexity index is 584. The molecule has 0 aromatic heterocycles. The highest BCUT2D eigenvalue weighted by atomic mass is 79.9. The molecule has 0 atom stereocenters. The number of rotatable bonds is 4. The van der Waals surface area contributed by atoms with Crippen molar-refractivity contribution < 1.29 is 4.74 Å². The first-order chi connectivity index (χ1) is 9.10. The number of hydrogen-bond acceptors (Lipinski definition) is 2. The fourth-order valence-corrected chi connectivity index (χ4v) is 2.66. The van der Waals surface area contributed by atoms with Crippen LogP contribution in [0.4, 0.5) is 0 Å². The number of aryl methyl sites for hydroxylation is 1. The van der Waals surface area contributed by atoms with Gasteiger partial charge in [0.1, 0.15) is 11.5 Å². The lowest BCUT2D eigenvalue weighted by atomic mass is 10.1. The molecule has 0 aliphatic carbocycles. The van der Waals surface area contributed by atoms with Gasteiger partial charge in [0.2, 0.25) is 0 Å². The molecule has 0 aliphatic heterocycles. The van der Waals surface area contributed by atoms with Gasteiger partial charge in [-0.2, -0.15) is 0 Å². The standard InChI is InChI=1S/C15H15Br2NO/c1-10-2-4-12(16)8-15(10)19-13-5-3-11(6-7-18)14(17)9-13/h2-5,8-9H,6-7,18H2,1H3. The maximum Gasteiger partial charge on any atom is 0.131 e. The summed E-state index contributed by atoms with van der Waals surface area (Å²) in [5.74, 6) is 1.67. The maximum absolute atomic E-state index is 5.91. The lowest BCUT2D eigenvalue weighted by molar-refractivity contribution is 0.478. The van der Waals surface area contributed by atoms with Crippen LogP contribution in [0.25, 0.3) is 0 Å². The summed E-state index contributed by atoms with van der Waals surface area (Å²) in [6.45, 7) is 2.67. The molecule has 0 amide bonds. The summed E-state index contributed by atoms with van der Waals surface area (Å²) < 4.78 is 7.95. The molecule has 0 saturated carbocycles. The molecule has 0 heterocycles. The second kappa shape index (κ2) is 6.55. The van der Waals surface area contributed by atoms with E-state index < -0.39 is 0 Å². The van der Waals surface area contributed by atoms with Gasteiger partial charge in [0, 0.05) is 8.95 Å². The van der Waals surface area contributed by atoms with E-state index in [1.165, 1.54) is 5.56 Å². The van der Waals surface area contributed by atoms with Crippen LogP contribution in [-0.2, 0) is 6.42 Å². The quantitative estimate of drug-likeness (QED) is 0.820. The third kappa shape index (κ3) is 3.81. The van der Waals surface area contributed by atoms with Gasteiger partial charge in [-0.25, -0.2) is 0 Å². The minimum atomic E-state index is 0.642. The largest absolute Gasteiger partial charge is 0.457 e. The molecule has 2 nitrogen and oxygen atoms in total. The summed E-state index contributed by atoms with van der Waals surface area (Å²) >= 11 is 7.00. The van der Waals surface area contributed by atoms with Gasteiger partial charge in [-0.1, -0.05) is 44.0 Å². The first kappa shape index (κ1) is 14.6. The molecule has 2 rings (SSSR count). The maximum atomic E-state index is 5.91. The molecule has 2 aromatic rings. The highest BCUT2D eigenvalue weighted by Crippen LogP contribution is 2.30. The fourth-order valence-electron chi connectivity index (χ4n) is 1.76. The third-order valence-corrected chi connectivity index (χ3v) is 4.05. The summed E-state index contributed by atoms with van der Waals surface area (Å²) in [5.41, 5.74) is 7.87. The van der Waals surface area contributed by atoms with Gasteiger partial charge in [0.15, 0.2) is 0 Å². The lowest BCUT2D eigenvalue weighted by Crippen LogP contribution is -2.03. The molecule has 0 saturated heterocycles. The third-order valence-electron chi connectivity index (χ3n) is 2.82. The SMILES string of the molecule is Cc1ccc(Br)cc1Oc1ccc(CCN)c(Br)c1. The summed E-state index contributed by atoms with van der Waals surface area (Å²) in [4.78, 5) is 0.